The van der Waals surface area contributed by atoms with Gasteiger partial charge in [0.15, 0.2) is 11.6 Å². The number of esters is 1. The van der Waals surface area contributed by atoms with E-state index in [2.05, 4.69) is 30.7 Å². The minimum Gasteiger partial charge on any atom is -0.490 e. The molecule has 0 fully saturated rings. The molecular formula is C26H38N2O3. The minimum atomic E-state index is -0.177. The molecule has 0 saturated heterocycles. The molecule has 0 radical (unpaired) electrons. The van der Waals surface area contributed by atoms with Crippen molar-refractivity contribution in [1.82, 2.24) is 9.97 Å². The first-order valence-corrected chi connectivity index (χ1v) is 11.9. The molecule has 1 heterocycles. The molecule has 1 aromatic heterocycles. The highest BCUT2D eigenvalue weighted by atomic mass is 16.5. The second-order valence-corrected chi connectivity index (χ2v) is 8.26. The lowest BCUT2D eigenvalue weighted by molar-refractivity contribution is -0.134. The summed E-state index contributed by atoms with van der Waals surface area (Å²) in [5.41, 5.74) is 0.875. The number of rotatable bonds is 15. The first-order chi connectivity index (χ1) is 15.1. The maximum Gasteiger partial charge on any atom is 0.311 e. The molecule has 0 aliphatic heterocycles. The van der Waals surface area contributed by atoms with Crippen LogP contribution in [0.2, 0.25) is 0 Å². The van der Waals surface area contributed by atoms with Gasteiger partial charge in [-0.2, -0.15) is 0 Å². The topological polar surface area (TPSA) is 61.3 Å². The Balaban J connectivity index is 1.73. The lowest BCUT2D eigenvalue weighted by Crippen LogP contribution is -2.07. The van der Waals surface area contributed by atoms with Crippen molar-refractivity contribution in [3.05, 3.63) is 36.7 Å². The molecule has 2 aromatic rings. The number of benzene rings is 1. The summed E-state index contributed by atoms with van der Waals surface area (Å²) in [5, 5.41) is 0. The van der Waals surface area contributed by atoms with Crippen molar-refractivity contribution < 1.29 is 14.3 Å². The molecule has 1 unspecified atom stereocenters. The second-order valence-electron chi connectivity index (χ2n) is 8.26. The molecule has 0 aliphatic rings. The Morgan fingerprint density at radius 3 is 2.29 bits per heavy atom. The molecule has 31 heavy (non-hydrogen) atoms. The number of unbranched alkanes of at least 4 members (excludes halogenated alkanes) is 5. The highest BCUT2D eigenvalue weighted by Gasteiger charge is 2.08. The van der Waals surface area contributed by atoms with Gasteiger partial charge in [0.2, 0.25) is 0 Å². The van der Waals surface area contributed by atoms with E-state index in [-0.39, 0.29) is 5.97 Å². The summed E-state index contributed by atoms with van der Waals surface area (Å²) in [5.74, 6) is 2.42. The third kappa shape index (κ3) is 9.95. The van der Waals surface area contributed by atoms with Gasteiger partial charge in [0.25, 0.3) is 0 Å². The zero-order valence-corrected chi connectivity index (χ0v) is 19.4. The van der Waals surface area contributed by atoms with Gasteiger partial charge in [-0.1, -0.05) is 65.7 Å². The molecular weight excluding hydrogens is 388 g/mol. The van der Waals surface area contributed by atoms with Crippen molar-refractivity contribution in [3.8, 4) is 22.9 Å². The Hall–Kier alpha value is -2.43. The van der Waals surface area contributed by atoms with Crippen LogP contribution in [0.5, 0.6) is 11.5 Å². The van der Waals surface area contributed by atoms with E-state index in [0.717, 1.165) is 30.7 Å². The van der Waals surface area contributed by atoms with Crippen molar-refractivity contribution in [2.24, 2.45) is 5.92 Å². The van der Waals surface area contributed by atoms with E-state index in [9.17, 15) is 4.79 Å². The third-order valence-electron chi connectivity index (χ3n) is 5.51. The predicted molar refractivity (Wildman–Crippen MR) is 125 cm³/mol. The standard InChI is InChI=1S/C26H38N2O3/c1-4-6-7-8-11-18-30-24-19-27-26(28-20-24)22-14-16-23(17-15-22)31-25(29)13-10-9-12-21(3)5-2/h14-17,19-21H,4-13,18H2,1-3H3. The molecule has 0 aliphatic carbocycles. The van der Waals surface area contributed by atoms with Gasteiger partial charge >= 0.3 is 5.97 Å². The Morgan fingerprint density at radius 1 is 0.903 bits per heavy atom. The van der Waals surface area contributed by atoms with E-state index in [4.69, 9.17) is 9.47 Å². The van der Waals surface area contributed by atoms with Gasteiger partial charge in [0, 0.05) is 12.0 Å². The number of ether oxygens (including phenoxy) is 2. The minimum absolute atomic E-state index is 0.177. The Kier molecular flexibility index (Phi) is 11.7. The molecule has 0 saturated carbocycles. The van der Waals surface area contributed by atoms with Crippen LogP contribution in [0.15, 0.2) is 36.7 Å². The quantitative estimate of drug-likeness (QED) is 0.174. The highest BCUT2D eigenvalue weighted by Crippen LogP contribution is 2.21. The molecule has 0 spiro atoms. The van der Waals surface area contributed by atoms with Crippen LogP contribution in [0, 0.1) is 5.92 Å². The van der Waals surface area contributed by atoms with Crippen LogP contribution in [0.1, 0.15) is 85.0 Å². The van der Waals surface area contributed by atoms with Crippen molar-refractivity contribution in [1.29, 1.82) is 0 Å². The summed E-state index contributed by atoms with van der Waals surface area (Å²) < 4.78 is 11.2. The van der Waals surface area contributed by atoms with Crippen LogP contribution in [0.4, 0.5) is 0 Å². The van der Waals surface area contributed by atoms with Gasteiger partial charge in [-0.15, -0.1) is 0 Å². The van der Waals surface area contributed by atoms with Crippen molar-refractivity contribution in [3.63, 3.8) is 0 Å². The maximum absolute atomic E-state index is 12.0. The smallest absolute Gasteiger partial charge is 0.311 e. The van der Waals surface area contributed by atoms with E-state index < -0.39 is 0 Å². The highest BCUT2D eigenvalue weighted by molar-refractivity contribution is 5.72. The molecule has 0 N–H and O–H groups in total. The Labute approximate surface area is 187 Å². The number of carbonyl (C=O) groups excluding carboxylic acids is 1. The molecule has 170 valence electrons. The summed E-state index contributed by atoms with van der Waals surface area (Å²) in [6.07, 6.45) is 14.2. The van der Waals surface area contributed by atoms with Crippen LogP contribution >= 0.6 is 0 Å². The molecule has 5 heteroatoms. The van der Waals surface area contributed by atoms with Gasteiger partial charge in [-0.25, -0.2) is 9.97 Å². The van der Waals surface area contributed by atoms with Crippen LogP contribution in [0.3, 0.4) is 0 Å². The van der Waals surface area contributed by atoms with Crippen LogP contribution in [-0.4, -0.2) is 22.5 Å². The normalized spacial score (nSPS) is 11.8. The van der Waals surface area contributed by atoms with Crippen molar-refractivity contribution >= 4 is 5.97 Å². The van der Waals surface area contributed by atoms with E-state index >= 15 is 0 Å². The first kappa shape index (κ1) is 24.8. The monoisotopic (exact) mass is 426 g/mol. The number of aromatic nitrogens is 2. The van der Waals surface area contributed by atoms with Crippen LogP contribution in [-0.2, 0) is 4.79 Å². The fourth-order valence-corrected chi connectivity index (χ4v) is 3.26. The first-order valence-electron chi connectivity index (χ1n) is 11.9. The maximum atomic E-state index is 12.0. The lowest BCUT2D eigenvalue weighted by Gasteiger charge is -2.08. The Bertz CT molecular complexity index is 744. The average molecular weight is 427 g/mol. The summed E-state index contributed by atoms with van der Waals surface area (Å²) in [7, 11) is 0. The van der Waals surface area contributed by atoms with E-state index in [0.29, 0.717) is 30.4 Å². The van der Waals surface area contributed by atoms with Gasteiger partial charge in [0.1, 0.15) is 5.75 Å². The van der Waals surface area contributed by atoms with Gasteiger partial charge in [0.05, 0.1) is 19.0 Å². The lowest BCUT2D eigenvalue weighted by atomic mass is 10.0. The fourth-order valence-electron chi connectivity index (χ4n) is 3.26. The summed E-state index contributed by atoms with van der Waals surface area (Å²) in [6, 6.07) is 7.32. The van der Waals surface area contributed by atoms with Crippen molar-refractivity contribution in [2.45, 2.75) is 85.0 Å². The SMILES string of the molecule is CCCCCCCOc1cnc(-c2ccc(OC(=O)CCCCC(C)CC)cc2)nc1. The number of carbonyl (C=O) groups is 1. The van der Waals surface area contributed by atoms with Crippen LogP contribution < -0.4 is 9.47 Å². The predicted octanol–water partition coefficient (Wildman–Crippen LogP) is 7.00. The molecule has 5 nitrogen and oxygen atoms in total. The van der Waals surface area contributed by atoms with E-state index in [1.54, 1.807) is 24.5 Å². The Morgan fingerprint density at radius 2 is 1.61 bits per heavy atom. The molecule has 1 atom stereocenters. The summed E-state index contributed by atoms with van der Waals surface area (Å²) in [4.78, 5) is 20.8. The third-order valence-corrected chi connectivity index (χ3v) is 5.51. The summed E-state index contributed by atoms with van der Waals surface area (Å²) >= 11 is 0. The van der Waals surface area contributed by atoms with E-state index in [1.807, 2.05) is 12.1 Å². The average Bonchev–Trinajstić information content (AvgIpc) is 2.80. The molecule has 1 aromatic carbocycles. The number of nitrogens with zero attached hydrogens (tertiary/aromatic N) is 2. The van der Waals surface area contributed by atoms with Crippen LogP contribution in [0.25, 0.3) is 11.4 Å². The number of hydrogen-bond acceptors (Lipinski definition) is 5. The fraction of sp³-hybridized carbons (Fsp3) is 0.577. The zero-order chi connectivity index (χ0) is 22.3. The zero-order valence-electron chi connectivity index (χ0n) is 19.4. The molecule has 2 rings (SSSR count). The van der Waals surface area contributed by atoms with Gasteiger partial charge in [-0.3, -0.25) is 4.79 Å². The van der Waals surface area contributed by atoms with Gasteiger partial charge in [-0.05, 0) is 43.0 Å². The molecule has 0 bridgehead atoms. The second kappa shape index (κ2) is 14.6. The van der Waals surface area contributed by atoms with Gasteiger partial charge < -0.3 is 9.47 Å². The van der Waals surface area contributed by atoms with Crippen molar-refractivity contribution in [2.75, 3.05) is 6.61 Å². The van der Waals surface area contributed by atoms with E-state index in [1.165, 1.54) is 38.5 Å². The summed E-state index contributed by atoms with van der Waals surface area (Å²) in [6.45, 7) is 7.36. The largest absolute Gasteiger partial charge is 0.490 e. The number of hydrogen-bond donors (Lipinski definition) is 0. The molecule has 0 amide bonds.